The van der Waals surface area contributed by atoms with Crippen molar-refractivity contribution in [2.75, 3.05) is 49.6 Å². The zero-order chi connectivity index (χ0) is 13.5. The van der Waals surface area contributed by atoms with Crippen LogP contribution in [0.1, 0.15) is 18.4 Å². The lowest BCUT2D eigenvalue weighted by atomic mass is 10.1. The van der Waals surface area contributed by atoms with Gasteiger partial charge in [0.05, 0.1) is 0 Å². The summed E-state index contributed by atoms with van der Waals surface area (Å²) in [5, 5.41) is 0. The summed E-state index contributed by atoms with van der Waals surface area (Å²) in [6.07, 6.45) is 7.35. The third-order valence-electron chi connectivity index (χ3n) is 4.78. The van der Waals surface area contributed by atoms with E-state index < -0.39 is 0 Å². The first-order valence-electron chi connectivity index (χ1n) is 7.82. The van der Waals surface area contributed by atoms with Gasteiger partial charge in [0.1, 0.15) is 0 Å². The van der Waals surface area contributed by atoms with Crippen LogP contribution in [0.4, 0.5) is 11.4 Å². The Morgan fingerprint density at radius 1 is 1.05 bits per heavy atom. The summed E-state index contributed by atoms with van der Waals surface area (Å²) >= 11 is 0. The summed E-state index contributed by atoms with van der Waals surface area (Å²) < 4.78 is 0. The van der Waals surface area contributed by atoms with Crippen LogP contribution in [0.3, 0.4) is 0 Å². The van der Waals surface area contributed by atoms with E-state index in [1.165, 1.54) is 42.9 Å². The number of hydrogen-bond donors (Lipinski definition) is 0. The molecule has 0 N–H and O–H groups in total. The number of benzene rings is 1. The van der Waals surface area contributed by atoms with Crippen LogP contribution in [0.15, 0.2) is 24.3 Å². The monoisotopic (exact) mass is 269 g/mol. The van der Waals surface area contributed by atoms with Crippen molar-refractivity contribution in [3.8, 4) is 0 Å². The molecule has 4 rings (SSSR count). The van der Waals surface area contributed by atoms with Crippen LogP contribution in [-0.4, -0.2) is 50.7 Å². The van der Waals surface area contributed by atoms with E-state index in [0.717, 1.165) is 25.7 Å². The molecule has 20 heavy (non-hydrogen) atoms. The molecule has 1 aromatic carbocycles. The van der Waals surface area contributed by atoms with Gasteiger partial charge in [0.25, 0.3) is 0 Å². The van der Waals surface area contributed by atoms with Crippen molar-refractivity contribution in [2.24, 2.45) is 0 Å². The second-order valence-electron chi connectivity index (χ2n) is 6.32. The van der Waals surface area contributed by atoms with E-state index in [0.29, 0.717) is 0 Å². The predicted octanol–water partition coefficient (Wildman–Crippen LogP) is 2.43. The lowest BCUT2D eigenvalue weighted by Crippen LogP contribution is -2.44. The van der Waals surface area contributed by atoms with Gasteiger partial charge >= 0.3 is 0 Å². The second kappa shape index (κ2) is 4.81. The van der Waals surface area contributed by atoms with Gasteiger partial charge < -0.3 is 14.7 Å². The highest BCUT2D eigenvalue weighted by atomic mass is 15.2. The summed E-state index contributed by atoms with van der Waals surface area (Å²) in [6, 6.07) is 7.84. The Balaban J connectivity index is 1.59. The molecule has 2 fully saturated rings. The summed E-state index contributed by atoms with van der Waals surface area (Å²) in [5.41, 5.74) is 4.23. The fraction of sp³-hybridized carbons (Fsp3) is 0.529. The maximum absolute atomic E-state index is 2.57. The normalized spacial score (nSPS) is 23.1. The van der Waals surface area contributed by atoms with E-state index >= 15 is 0 Å². The minimum absolute atomic E-state index is 0.799. The molecule has 2 heterocycles. The second-order valence-corrected chi connectivity index (χ2v) is 6.32. The zero-order valence-electron chi connectivity index (χ0n) is 12.3. The molecule has 0 radical (unpaired) electrons. The fourth-order valence-electron chi connectivity index (χ4n) is 3.32. The van der Waals surface area contributed by atoms with Gasteiger partial charge in [-0.2, -0.15) is 0 Å². The van der Waals surface area contributed by atoms with Crippen LogP contribution in [0, 0.1) is 0 Å². The smallest absolute Gasteiger partial charge is 0.0446 e. The van der Waals surface area contributed by atoms with Gasteiger partial charge in [0, 0.05) is 50.1 Å². The number of anilines is 2. The molecule has 1 saturated heterocycles. The number of fused-ring (bicyclic) bond motifs is 1. The SMILES string of the molecule is CN1CCN(c2ccc3c(c2)C=CCN3C2CC2)CC1. The van der Waals surface area contributed by atoms with E-state index in [4.69, 9.17) is 0 Å². The van der Waals surface area contributed by atoms with Gasteiger partial charge in [-0.1, -0.05) is 12.2 Å². The molecule has 0 unspecified atom stereocenters. The van der Waals surface area contributed by atoms with E-state index in [-0.39, 0.29) is 0 Å². The van der Waals surface area contributed by atoms with Crippen LogP contribution < -0.4 is 9.80 Å². The number of likely N-dealkylation sites (N-methyl/N-ethyl adjacent to an activating group) is 1. The van der Waals surface area contributed by atoms with Gasteiger partial charge in [-0.25, -0.2) is 0 Å². The first-order chi connectivity index (χ1) is 9.81. The molecule has 1 aliphatic carbocycles. The summed E-state index contributed by atoms with van der Waals surface area (Å²) in [6.45, 7) is 5.71. The van der Waals surface area contributed by atoms with Crippen molar-refractivity contribution >= 4 is 17.5 Å². The highest BCUT2D eigenvalue weighted by Crippen LogP contribution is 2.37. The molecule has 3 heteroatoms. The topological polar surface area (TPSA) is 9.72 Å². The number of nitrogens with zero attached hydrogens (tertiary/aromatic N) is 3. The lowest BCUT2D eigenvalue weighted by molar-refractivity contribution is 0.313. The zero-order valence-corrected chi connectivity index (χ0v) is 12.3. The molecule has 3 aliphatic rings. The lowest BCUT2D eigenvalue weighted by Gasteiger charge is -2.35. The van der Waals surface area contributed by atoms with Crippen molar-refractivity contribution in [1.82, 2.24) is 4.90 Å². The predicted molar refractivity (Wildman–Crippen MR) is 85.6 cm³/mol. The molecular weight excluding hydrogens is 246 g/mol. The Morgan fingerprint density at radius 2 is 1.85 bits per heavy atom. The average Bonchev–Trinajstić information content (AvgIpc) is 3.31. The fourth-order valence-corrected chi connectivity index (χ4v) is 3.32. The molecule has 106 valence electrons. The molecule has 0 aromatic heterocycles. The molecule has 0 bridgehead atoms. The molecule has 0 amide bonds. The Labute approximate surface area is 121 Å². The van der Waals surface area contributed by atoms with Crippen LogP contribution in [0.25, 0.3) is 6.08 Å². The maximum Gasteiger partial charge on any atom is 0.0446 e. The van der Waals surface area contributed by atoms with E-state index in [1.807, 2.05) is 0 Å². The molecule has 1 aromatic rings. The minimum atomic E-state index is 0.799. The maximum atomic E-state index is 2.57. The van der Waals surface area contributed by atoms with Gasteiger partial charge in [-0.05, 0) is 43.7 Å². The van der Waals surface area contributed by atoms with Crippen molar-refractivity contribution in [3.63, 3.8) is 0 Å². The van der Waals surface area contributed by atoms with Gasteiger partial charge in [0.15, 0.2) is 0 Å². The van der Waals surface area contributed by atoms with Crippen LogP contribution in [0.2, 0.25) is 0 Å². The summed E-state index contributed by atoms with van der Waals surface area (Å²) in [5.74, 6) is 0. The third kappa shape index (κ3) is 2.20. The van der Waals surface area contributed by atoms with Crippen molar-refractivity contribution in [3.05, 3.63) is 29.8 Å². The first-order valence-corrected chi connectivity index (χ1v) is 7.82. The van der Waals surface area contributed by atoms with Crippen LogP contribution in [-0.2, 0) is 0 Å². The van der Waals surface area contributed by atoms with E-state index in [1.54, 1.807) is 0 Å². The molecule has 1 saturated carbocycles. The highest BCUT2D eigenvalue weighted by Gasteiger charge is 2.30. The van der Waals surface area contributed by atoms with Crippen LogP contribution in [0.5, 0.6) is 0 Å². The highest BCUT2D eigenvalue weighted by molar-refractivity contribution is 5.75. The minimum Gasteiger partial charge on any atom is -0.369 e. The van der Waals surface area contributed by atoms with E-state index in [2.05, 4.69) is 52.1 Å². The van der Waals surface area contributed by atoms with Gasteiger partial charge in [-0.3, -0.25) is 0 Å². The van der Waals surface area contributed by atoms with Crippen LogP contribution >= 0.6 is 0 Å². The summed E-state index contributed by atoms with van der Waals surface area (Å²) in [4.78, 5) is 7.50. The number of rotatable bonds is 2. The Kier molecular flexibility index (Phi) is 2.95. The largest absolute Gasteiger partial charge is 0.369 e. The van der Waals surface area contributed by atoms with E-state index in [9.17, 15) is 0 Å². The quantitative estimate of drug-likeness (QED) is 0.816. The van der Waals surface area contributed by atoms with Crippen molar-refractivity contribution < 1.29 is 0 Å². The molecule has 3 nitrogen and oxygen atoms in total. The average molecular weight is 269 g/mol. The van der Waals surface area contributed by atoms with Gasteiger partial charge in [0.2, 0.25) is 0 Å². The number of piperazine rings is 1. The molecule has 0 atom stereocenters. The number of hydrogen-bond acceptors (Lipinski definition) is 3. The Morgan fingerprint density at radius 3 is 2.60 bits per heavy atom. The Bertz CT molecular complexity index is 525. The molecule has 0 spiro atoms. The van der Waals surface area contributed by atoms with Gasteiger partial charge in [-0.15, -0.1) is 0 Å². The van der Waals surface area contributed by atoms with Crippen molar-refractivity contribution in [2.45, 2.75) is 18.9 Å². The summed E-state index contributed by atoms with van der Waals surface area (Å²) in [7, 11) is 2.21. The molecular formula is C17H23N3. The Hall–Kier alpha value is -1.48. The third-order valence-corrected chi connectivity index (χ3v) is 4.78. The van der Waals surface area contributed by atoms with Crippen molar-refractivity contribution in [1.29, 1.82) is 0 Å². The standard InChI is InChI=1S/C17H23N3/c1-18-9-11-19(12-10-18)16-6-7-17-14(13-16)3-2-8-20(17)15-4-5-15/h2-3,6-7,13,15H,4-5,8-12H2,1H3. The molecule has 2 aliphatic heterocycles. The first kappa shape index (κ1) is 12.3.